The molecular formula is C13H19Cl2N. The summed E-state index contributed by atoms with van der Waals surface area (Å²) < 4.78 is 0. The van der Waals surface area contributed by atoms with Crippen LogP contribution in [0.4, 0.5) is 0 Å². The van der Waals surface area contributed by atoms with Gasteiger partial charge in [-0.05, 0) is 44.0 Å². The minimum absolute atomic E-state index is 0.229. The summed E-state index contributed by atoms with van der Waals surface area (Å²) in [5.41, 5.74) is 1.07. The van der Waals surface area contributed by atoms with Crippen LogP contribution in [0.1, 0.15) is 45.2 Å². The van der Waals surface area contributed by atoms with E-state index in [-0.39, 0.29) is 6.04 Å². The second-order valence-electron chi connectivity index (χ2n) is 4.24. The maximum atomic E-state index is 6.15. The van der Waals surface area contributed by atoms with Gasteiger partial charge in [0.2, 0.25) is 0 Å². The van der Waals surface area contributed by atoms with Crippen molar-refractivity contribution < 1.29 is 0 Å². The molecule has 2 atom stereocenters. The van der Waals surface area contributed by atoms with Gasteiger partial charge in [-0.2, -0.15) is 0 Å². The fourth-order valence-corrected chi connectivity index (χ4v) is 2.34. The largest absolute Gasteiger partial charge is 0.308 e. The van der Waals surface area contributed by atoms with Crippen molar-refractivity contribution in [3.8, 4) is 0 Å². The topological polar surface area (TPSA) is 12.0 Å². The van der Waals surface area contributed by atoms with Crippen molar-refractivity contribution in [3.05, 3.63) is 33.8 Å². The summed E-state index contributed by atoms with van der Waals surface area (Å²) in [6, 6.07) is 6.32. The summed E-state index contributed by atoms with van der Waals surface area (Å²) >= 11 is 12.1. The Balaban J connectivity index is 2.72. The Labute approximate surface area is 108 Å². The van der Waals surface area contributed by atoms with Crippen LogP contribution >= 0.6 is 23.2 Å². The second-order valence-corrected chi connectivity index (χ2v) is 5.09. The fraction of sp³-hybridized carbons (Fsp3) is 0.538. The normalized spacial score (nSPS) is 14.8. The lowest BCUT2D eigenvalue weighted by Gasteiger charge is -2.21. The third-order valence-electron chi connectivity index (χ3n) is 2.68. The van der Waals surface area contributed by atoms with Gasteiger partial charge in [0.25, 0.3) is 0 Å². The van der Waals surface area contributed by atoms with Crippen LogP contribution in [0.2, 0.25) is 10.0 Å². The van der Waals surface area contributed by atoms with Crippen LogP contribution in [0.25, 0.3) is 0 Å². The van der Waals surface area contributed by atoms with Crippen molar-refractivity contribution >= 4 is 23.2 Å². The Kier molecular flexibility index (Phi) is 5.60. The van der Waals surface area contributed by atoms with E-state index in [9.17, 15) is 0 Å². The molecule has 0 aromatic heterocycles. The molecular weight excluding hydrogens is 241 g/mol. The monoisotopic (exact) mass is 259 g/mol. The molecule has 0 amide bonds. The summed E-state index contributed by atoms with van der Waals surface area (Å²) in [5, 5.41) is 5.03. The highest BCUT2D eigenvalue weighted by atomic mass is 35.5. The third-order valence-corrected chi connectivity index (χ3v) is 3.26. The Bertz CT molecular complexity index is 339. The highest BCUT2D eigenvalue weighted by Crippen LogP contribution is 2.26. The standard InChI is InChI=1S/C13H19Cl2N/c1-4-5-9(2)16-10(3)12-8-11(14)6-7-13(12)15/h6-10,16H,4-5H2,1-3H3. The molecule has 0 heterocycles. The van der Waals surface area contributed by atoms with E-state index in [4.69, 9.17) is 23.2 Å². The van der Waals surface area contributed by atoms with Crippen molar-refractivity contribution in [2.45, 2.75) is 45.7 Å². The minimum Gasteiger partial charge on any atom is -0.308 e. The quantitative estimate of drug-likeness (QED) is 0.799. The predicted molar refractivity (Wildman–Crippen MR) is 72.4 cm³/mol. The van der Waals surface area contributed by atoms with Crippen LogP contribution < -0.4 is 5.32 Å². The lowest BCUT2D eigenvalue weighted by atomic mass is 10.1. The lowest BCUT2D eigenvalue weighted by Crippen LogP contribution is -2.28. The minimum atomic E-state index is 0.229. The molecule has 0 aliphatic carbocycles. The van der Waals surface area contributed by atoms with Crippen LogP contribution in [0, 0.1) is 0 Å². The van der Waals surface area contributed by atoms with Crippen molar-refractivity contribution in [1.29, 1.82) is 0 Å². The number of rotatable bonds is 5. The number of hydrogen-bond acceptors (Lipinski definition) is 1. The molecule has 0 spiro atoms. The zero-order valence-electron chi connectivity index (χ0n) is 10.1. The fourth-order valence-electron chi connectivity index (χ4n) is 1.88. The van der Waals surface area contributed by atoms with Gasteiger partial charge in [0.1, 0.15) is 0 Å². The Morgan fingerprint density at radius 3 is 2.56 bits per heavy atom. The molecule has 1 aromatic rings. The van der Waals surface area contributed by atoms with Crippen molar-refractivity contribution in [3.63, 3.8) is 0 Å². The molecule has 3 heteroatoms. The first kappa shape index (κ1) is 13.8. The average molecular weight is 260 g/mol. The molecule has 0 radical (unpaired) electrons. The van der Waals surface area contributed by atoms with Crippen LogP contribution in [0.15, 0.2) is 18.2 Å². The van der Waals surface area contributed by atoms with E-state index < -0.39 is 0 Å². The highest BCUT2D eigenvalue weighted by molar-refractivity contribution is 6.33. The number of halogens is 2. The summed E-state index contributed by atoms with van der Waals surface area (Å²) in [6.45, 7) is 6.50. The molecule has 1 rings (SSSR count). The lowest BCUT2D eigenvalue weighted by molar-refractivity contribution is 0.453. The number of nitrogens with one attached hydrogen (secondary N) is 1. The van der Waals surface area contributed by atoms with Crippen LogP contribution in [-0.4, -0.2) is 6.04 Å². The average Bonchev–Trinajstić information content (AvgIpc) is 2.21. The SMILES string of the molecule is CCCC(C)NC(C)c1cc(Cl)ccc1Cl. The van der Waals surface area contributed by atoms with E-state index >= 15 is 0 Å². The third kappa shape index (κ3) is 3.97. The van der Waals surface area contributed by atoms with Crippen molar-refractivity contribution in [1.82, 2.24) is 5.32 Å². The number of benzene rings is 1. The van der Waals surface area contributed by atoms with Crippen molar-refractivity contribution in [2.24, 2.45) is 0 Å². The van der Waals surface area contributed by atoms with Gasteiger partial charge >= 0.3 is 0 Å². The van der Waals surface area contributed by atoms with Crippen molar-refractivity contribution in [2.75, 3.05) is 0 Å². The van der Waals surface area contributed by atoms with E-state index in [1.54, 1.807) is 0 Å². The summed E-state index contributed by atoms with van der Waals surface area (Å²) in [5.74, 6) is 0. The second kappa shape index (κ2) is 6.48. The molecule has 2 unspecified atom stereocenters. The zero-order chi connectivity index (χ0) is 12.1. The molecule has 1 aromatic carbocycles. The van der Waals surface area contributed by atoms with E-state index in [1.165, 1.54) is 12.8 Å². The molecule has 16 heavy (non-hydrogen) atoms. The molecule has 0 bridgehead atoms. The summed E-state index contributed by atoms with van der Waals surface area (Å²) in [4.78, 5) is 0. The zero-order valence-corrected chi connectivity index (χ0v) is 11.6. The van der Waals surface area contributed by atoms with Gasteiger partial charge in [0.05, 0.1) is 0 Å². The Morgan fingerprint density at radius 2 is 1.94 bits per heavy atom. The molecule has 0 fully saturated rings. The Hall–Kier alpha value is -0.240. The molecule has 1 nitrogen and oxygen atoms in total. The van der Waals surface area contributed by atoms with Crippen LogP contribution in [0.5, 0.6) is 0 Å². The molecule has 0 saturated carbocycles. The molecule has 1 N–H and O–H groups in total. The van der Waals surface area contributed by atoms with Gasteiger partial charge in [-0.1, -0.05) is 36.5 Å². The first-order valence-electron chi connectivity index (χ1n) is 5.75. The van der Waals surface area contributed by atoms with Gasteiger partial charge < -0.3 is 5.32 Å². The van der Waals surface area contributed by atoms with E-state index in [0.717, 1.165) is 15.6 Å². The smallest absolute Gasteiger partial charge is 0.0454 e. The maximum Gasteiger partial charge on any atom is 0.0454 e. The van der Waals surface area contributed by atoms with Gasteiger partial charge in [0.15, 0.2) is 0 Å². The highest BCUT2D eigenvalue weighted by Gasteiger charge is 2.12. The molecule has 0 saturated heterocycles. The first-order chi connectivity index (χ1) is 7.54. The molecule has 0 aliphatic heterocycles. The van der Waals surface area contributed by atoms with E-state index in [1.807, 2.05) is 18.2 Å². The van der Waals surface area contributed by atoms with Gasteiger partial charge in [-0.25, -0.2) is 0 Å². The molecule has 0 aliphatic rings. The maximum absolute atomic E-state index is 6.15. The van der Waals surface area contributed by atoms with Gasteiger partial charge in [-0.15, -0.1) is 0 Å². The van der Waals surface area contributed by atoms with Crippen LogP contribution in [-0.2, 0) is 0 Å². The summed E-state index contributed by atoms with van der Waals surface area (Å²) in [7, 11) is 0. The van der Waals surface area contributed by atoms with E-state index in [0.29, 0.717) is 6.04 Å². The first-order valence-corrected chi connectivity index (χ1v) is 6.51. The van der Waals surface area contributed by atoms with Gasteiger partial charge in [0, 0.05) is 22.1 Å². The number of hydrogen-bond donors (Lipinski definition) is 1. The predicted octanol–water partition coefficient (Wildman–Crippen LogP) is 4.83. The van der Waals surface area contributed by atoms with Gasteiger partial charge in [-0.3, -0.25) is 0 Å². The van der Waals surface area contributed by atoms with E-state index in [2.05, 4.69) is 26.1 Å². The summed E-state index contributed by atoms with van der Waals surface area (Å²) in [6.07, 6.45) is 2.35. The molecule has 90 valence electrons. The van der Waals surface area contributed by atoms with Crippen LogP contribution in [0.3, 0.4) is 0 Å². The Morgan fingerprint density at radius 1 is 1.25 bits per heavy atom.